The first-order valence-electron chi connectivity index (χ1n) is 12.5. The van der Waals surface area contributed by atoms with Gasteiger partial charge in [0.2, 0.25) is 0 Å². The Morgan fingerprint density at radius 1 is 1.19 bits per heavy atom. The first-order chi connectivity index (χ1) is 17.5. The molecule has 1 amide bonds. The van der Waals surface area contributed by atoms with Crippen molar-refractivity contribution in [2.45, 2.75) is 58.2 Å². The van der Waals surface area contributed by atoms with Crippen LogP contribution in [0.3, 0.4) is 0 Å². The van der Waals surface area contributed by atoms with Crippen LogP contribution in [0.15, 0.2) is 55.1 Å². The van der Waals surface area contributed by atoms with Gasteiger partial charge >= 0.3 is 6.09 Å². The van der Waals surface area contributed by atoms with Crippen LogP contribution in [0, 0.1) is 0 Å². The van der Waals surface area contributed by atoms with Crippen molar-refractivity contribution in [3.8, 4) is 17.0 Å². The predicted molar refractivity (Wildman–Crippen MR) is 140 cm³/mol. The van der Waals surface area contributed by atoms with Crippen LogP contribution in [0.5, 0.6) is 5.75 Å². The fraction of sp³-hybridized carbons (Fsp3) is 0.370. The monoisotopic (exact) mass is 488 g/mol. The smallest absolute Gasteiger partial charge is 0.411 e. The van der Waals surface area contributed by atoms with Crippen LogP contribution >= 0.6 is 0 Å². The molecule has 0 aliphatic heterocycles. The molecule has 0 radical (unpaired) electrons. The number of anilines is 2. The van der Waals surface area contributed by atoms with Gasteiger partial charge in [0, 0.05) is 41.7 Å². The molecular formula is C27H32N6O3. The molecule has 9 nitrogen and oxygen atoms in total. The lowest BCUT2D eigenvalue weighted by Crippen LogP contribution is -2.18. The lowest BCUT2D eigenvalue weighted by Gasteiger charge is -2.30. The van der Waals surface area contributed by atoms with E-state index in [1.165, 1.54) is 12.7 Å². The Morgan fingerprint density at radius 3 is 2.67 bits per heavy atom. The molecule has 1 aliphatic carbocycles. The van der Waals surface area contributed by atoms with E-state index in [0.29, 0.717) is 18.3 Å². The fourth-order valence-electron chi connectivity index (χ4n) is 4.56. The number of nitrogen functional groups attached to an aromatic ring is 1. The summed E-state index contributed by atoms with van der Waals surface area (Å²) >= 11 is 0. The van der Waals surface area contributed by atoms with Gasteiger partial charge in [-0.2, -0.15) is 5.10 Å². The van der Waals surface area contributed by atoms with Gasteiger partial charge in [-0.05, 0) is 57.4 Å². The minimum atomic E-state index is -0.463. The number of aromatic nitrogens is 4. The number of carbonyl (C=O) groups excluding carboxylic acids is 1. The SMILES string of the molecule is CC(C)OC(=O)Nc1ccc(-c2c(N)c3ccc(OCCCn4cncn4)cc3n2C2CCC2)cc1. The zero-order valence-corrected chi connectivity index (χ0v) is 20.7. The van der Waals surface area contributed by atoms with Gasteiger partial charge in [-0.15, -0.1) is 0 Å². The molecule has 2 aromatic carbocycles. The van der Waals surface area contributed by atoms with E-state index in [9.17, 15) is 4.79 Å². The molecule has 188 valence electrons. The van der Waals surface area contributed by atoms with E-state index < -0.39 is 6.09 Å². The van der Waals surface area contributed by atoms with Crippen molar-refractivity contribution in [3.05, 3.63) is 55.1 Å². The van der Waals surface area contributed by atoms with Crippen molar-refractivity contribution < 1.29 is 14.3 Å². The third-order valence-corrected chi connectivity index (χ3v) is 6.47. The maximum absolute atomic E-state index is 11.9. The van der Waals surface area contributed by atoms with Crippen molar-refractivity contribution in [3.63, 3.8) is 0 Å². The van der Waals surface area contributed by atoms with E-state index >= 15 is 0 Å². The summed E-state index contributed by atoms with van der Waals surface area (Å²) in [6, 6.07) is 14.3. The van der Waals surface area contributed by atoms with Gasteiger partial charge in [-0.1, -0.05) is 12.1 Å². The van der Waals surface area contributed by atoms with Crippen LogP contribution < -0.4 is 15.8 Å². The second-order valence-electron chi connectivity index (χ2n) is 9.41. The molecular weight excluding hydrogens is 456 g/mol. The zero-order chi connectivity index (χ0) is 25.1. The third-order valence-electron chi connectivity index (χ3n) is 6.47. The quantitative estimate of drug-likeness (QED) is 0.295. The maximum atomic E-state index is 11.9. The summed E-state index contributed by atoms with van der Waals surface area (Å²) in [5, 5.41) is 7.92. The summed E-state index contributed by atoms with van der Waals surface area (Å²) in [5.41, 5.74) is 11.3. The third kappa shape index (κ3) is 5.00. The lowest BCUT2D eigenvalue weighted by molar-refractivity contribution is 0.130. The molecule has 0 unspecified atom stereocenters. The summed E-state index contributed by atoms with van der Waals surface area (Å²) in [6.45, 7) is 4.99. The normalized spacial score (nSPS) is 13.6. The molecule has 0 atom stereocenters. The van der Waals surface area contributed by atoms with Crippen LogP contribution in [-0.2, 0) is 11.3 Å². The average molecular weight is 489 g/mol. The molecule has 0 bridgehead atoms. The van der Waals surface area contributed by atoms with Gasteiger partial charge in [0.15, 0.2) is 0 Å². The van der Waals surface area contributed by atoms with Crippen molar-refractivity contribution in [1.82, 2.24) is 19.3 Å². The summed E-state index contributed by atoms with van der Waals surface area (Å²) in [7, 11) is 0. The highest BCUT2D eigenvalue weighted by atomic mass is 16.6. The minimum Gasteiger partial charge on any atom is -0.493 e. The number of rotatable bonds is 9. The number of amides is 1. The molecule has 1 saturated carbocycles. The van der Waals surface area contributed by atoms with Crippen LogP contribution in [-0.4, -0.2) is 38.1 Å². The van der Waals surface area contributed by atoms with Gasteiger partial charge in [-0.25, -0.2) is 9.78 Å². The largest absolute Gasteiger partial charge is 0.493 e. The second kappa shape index (κ2) is 10.3. The van der Waals surface area contributed by atoms with Crippen LogP contribution in [0.2, 0.25) is 0 Å². The highest BCUT2D eigenvalue weighted by Crippen LogP contribution is 2.44. The fourth-order valence-corrected chi connectivity index (χ4v) is 4.56. The number of aryl methyl sites for hydroxylation is 1. The topological polar surface area (TPSA) is 109 Å². The number of benzene rings is 2. The van der Waals surface area contributed by atoms with Crippen molar-refractivity contribution >= 4 is 28.4 Å². The molecule has 0 spiro atoms. The Morgan fingerprint density at radius 2 is 2.00 bits per heavy atom. The van der Waals surface area contributed by atoms with E-state index in [2.05, 4.69) is 26.0 Å². The van der Waals surface area contributed by atoms with Crippen molar-refractivity contribution in [2.75, 3.05) is 17.7 Å². The van der Waals surface area contributed by atoms with Gasteiger partial charge in [0.25, 0.3) is 0 Å². The molecule has 0 saturated heterocycles. The average Bonchev–Trinajstić information content (AvgIpc) is 3.43. The highest BCUT2D eigenvalue weighted by molar-refractivity contribution is 6.01. The number of nitrogens with zero attached hydrogens (tertiary/aromatic N) is 4. The Bertz CT molecular complexity index is 1320. The predicted octanol–water partition coefficient (Wildman–Crippen LogP) is 5.63. The molecule has 9 heteroatoms. The van der Waals surface area contributed by atoms with E-state index in [1.807, 2.05) is 50.2 Å². The van der Waals surface area contributed by atoms with E-state index in [4.69, 9.17) is 15.2 Å². The molecule has 36 heavy (non-hydrogen) atoms. The van der Waals surface area contributed by atoms with Gasteiger partial charge in [0.1, 0.15) is 18.4 Å². The van der Waals surface area contributed by atoms with Gasteiger partial charge < -0.3 is 19.8 Å². The number of carbonyl (C=O) groups is 1. The van der Waals surface area contributed by atoms with Gasteiger partial charge in [-0.3, -0.25) is 10.00 Å². The molecule has 3 N–H and O–H groups in total. The molecule has 1 fully saturated rings. The number of nitrogens with two attached hydrogens (primary N) is 1. The van der Waals surface area contributed by atoms with E-state index in [-0.39, 0.29) is 6.10 Å². The minimum absolute atomic E-state index is 0.176. The van der Waals surface area contributed by atoms with Crippen molar-refractivity contribution in [1.29, 1.82) is 0 Å². The molecule has 5 rings (SSSR count). The summed E-state index contributed by atoms with van der Waals surface area (Å²) in [5.74, 6) is 0.828. The molecule has 4 aromatic rings. The van der Waals surface area contributed by atoms with Gasteiger partial charge in [0.05, 0.1) is 29.6 Å². The zero-order valence-electron chi connectivity index (χ0n) is 20.7. The molecule has 2 aromatic heterocycles. The molecule has 1 aliphatic rings. The number of ether oxygens (including phenoxy) is 2. The number of hydrogen-bond acceptors (Lipinski definition) is 6. The van der Waals surface area contributed by atoms with E-state index in [1.54, 1.807) is 11.0 Å². The number of fused-ring (bicyclic) bond motifs is 1. The number of hydrogen-bond donors (Lipinski definition) is 2. The van der Waals surface area contributed by atoms with Crippen LogP contribution in [0.25, 0.3) is 22.2 Å². The Hall–Kier alpha value is -4.01. The summed E-state index contributed by atoms with van der Waals surface area (Å²) < 4.78 is 15.4. The summed E-state index contributed by atoms with van der Waals surface area (Å²) in [6.07, 6.45) is 6.91. The number of nitrogens with one attached hydrogen (secondary N) is 1. The summed E-state index contributed by atoms with van der Waals surface area (Å²) in [4.78, 5) is 15.9. The van der Waals surface area contributed by atoms with Crippen LogP contribution in [0.1, 0.15) is 45.6 Å². The Kier molecular flexibility index (Phi) is 6.79. The molecule has 2 heterocycles. The Balaban J connectivity index is 1.39. The maximum Gasteiger partial charge on any atom is 0.411 e. The lowest BCUT2D eigenvalue weighted by atomic mass is 9.92. The van der Waals surface area contributed by atoms with E-state index in [0.717, 1.165) is 59.4 Å². The van der Waals surface area contributed by atoms with Crippen molar-refractivity contribution in [2.24, 2.45) is 0 Å². The standard InChI is InChI=1S/C27H32N6O3/c1-18(2)36-27(34)31-20-9-7-19(8-10-20)26-25(28)23-12-11-22(15-24(23)33(26)21-5-3-6-21)35-14-4-13-32-17-29-16-30-32/h7-12,15-18,21H,3-6,13-14,28H2,1-2H3,(H,31,34). The Labute approximate surface area is 210 Å². The van der Waals surface area contributed by atoms with Crippen LogP contribution in [0.4, 0.5) is 16.2 Å². The second-order valence-corrected chi connectivity index (χ2v) is 9.41. The first kappa shape index (κ1) is 23.7. The first-order valence-corrected chi connectivity index (χ1v) is 12.5. The highest BCUT2D eigenvalue weighted by Gasteiger charge is 2.27.